The van der Waals surface area contributed by atoms with Gasteiger partial charge in [0, 0.05) is 26.2 Å². The van der Waals surface area contributed by atoms with Gasteiger partial charge in [-0.2, -0.15) is 0 Å². The van der Waals surface area contributed by atoms with Crippen LogP contribution in [0.1, 0.15) is 40.5 Å². The smallest absolute Gasteiger partial charge is 0.361 e. The zero-order valence-electron chi connectivity index (χ0n) is 11.4. The Balaban J connectivity index is 4.34. The third kappa shape index (κ3) is 7.61. The van der Waals surface area contributed by atoms with Gasteiger partial charge in [-0.25, -0.2) is 0 Å². The normalized spacial score (nSPS) is 11.8. The van der Waals surface area contributed by atoms with Gasteiger partial charge >= 0.3 is 8.97 Å². The lowest BCUT2D eigenvalue weighted by atomic mass is 10.3. The Morgan fingerprint density at radius 1 is 1.12 bits per heavy atom. The van der Waals surface area contributed by atoms with Crippen LogP contribution in [-0.4, -0.2) is 41.1 Å². The fourth-order valence-electron chi connectivity index (χ4n) is 1.27. The van der Waals surface area contributed by atoms with Gasteiger partial charge in [-0.1, -0.05) is 6.92 Å². The summed E-state index contributed by atoms with van der Waals surface area (Å²) >= 11 is 0. The molecule has 0 radical (unpaired) electrons. The van der Waals surface area contributed by atoms with Crippen LogP contribution >= 0.6 is 0 Å². The molecule has 0 heterocycles. The molecule has 0 rings (SSSR count). The molecule has 0 saturated carbocycles. The third-order valence-electron chi connectivity index (χ3n) is 2.01. The van der Waals surface area contributed by atoms with E-state index in [1.54, 1.807) is 6.92 Å². The SMILES string of the molecule is CCCN[Si](OCC)(OCC)OCCC(C)=O. The summed E-state index contributed by atoms with van der Waals surface area (Å²) in [6.07, 6.45) is 1.37. The Bertz CT molecular complexity index is 208. The zero-order chi connectivity index (χ0) is 13.1. The molecule has 17 heavy (non-hydrogen) atoms. The van der Waals surface area contributed by atoms with Gasteiger partial charge in [0.05, 0.1) is 0 Å². The number of hydrogen-bond acceptors (Lipinski definition) is 5. The van der Waals surface area contributed by atoms with Crippen molar-refractivity contribution in [1.82, 2.24) is 4.98 Å². The molecular formula is C11H25NO4Si. The summed E-state index contributed by atoms with van der Waals surface area (Å²) < 4.78 is 16.9. The van der Waals surface area contributed by atoms with Crippen LogP contribution in [0.3, 0.4) is 0 Å². The standard InChI is InChI=1S/C11H25NO4Si/c1-5-9-12-17(14-6-2,15-7-3)16-10-8-11(4)13/h12H,5-10H2,1-4H3. The van der Waals surface area contributed by atoms with E-state index in [2.05, 4.69) is 11.9 Å². The first-order valence-corrected chi connectivity index (χ1v) is 7.99. The molecule has 0 aromatic heterocycles. The Hall–Kier alpha value is -0.273. The van der Waals surface area contributed by atoms with Gasteiger partial charge in [-0.05, 0) is 33.7 Å². The molecule has 1 N–H and O–H groups in total. The van der Waals surface area contributed by atoms with E-state index in [1.165, 1.54) is 0 Å². The van der Waals surface area contributed by atoms with Crippen molar-refractivity contribution in [2.45, 2.75) is 40.5 Å². The Labute approximate surface area is 105 Å². The van der Waals surface area contributed by atoms with Gasteiger partial charge < -0.3 is 13.3 Å². The molecule has 6 heteroatoms. The summed E-state index contributed by atoms with van der Waals surface area (Å²) in [5.74, 6) is 0.108. The van der Waals surface area contributed by atoms with Crippen molar-refractivity contribution in [2.24, 2.45) is 0 Å². The van der Waals surface area contributed by atoms with Gasteiger partial charge in [-0.15, -0.1) is 0 Å². The molecule has 5 nitrogen and oxygen atoms in total. The lowest BCUT2D eigenvalue weighted by Crippen LogP contribution is -2.59. The van der Waals surface area contributed by atoms with Crippen LogP contribution in [-0.2, 0) is 18.1 Å². The molecule has 0 saturated heterocycles. The lowest BCUT2D eigenvalue weighted by Gasteiger charge is -2.28. The molecule has 0 aliphatic carbocycles. The van der Waals surface area contributed by atoms with E-state index in [0.29, 0.717) is 26.2 Å². The Morgan fingerprint density at radius 2 is 1.71 bits per heavy atom. The highest BCUT2D eigenvalue weighted by molar-refractivity contribution is 6.57. The van der Waals surface area contributed by atoms with E-state index in [4.69, 9.17) is 13.3 Å². The van der Waals surface area contributed by atoms with E-state index in [1.807, 2.05) is 13.8 Å². The van der Waals surface area contributed by atoms with E-state index in [0.717, 1.165) is 13.0 Å². The van der Waals surface area contributed by atoms with Crippen molar-refractivity contribution in [1.29, 1.82) is 0 Å². The minimum Gasteiger partial charge on any atom is -0.361 e. The molecular weight excluding hydrogens is 238 g/mol. The van der Waals surface area contributed by atoms with Crippen molar-refractivity contribution in [3.63, 3.8) is 0 Å². The Kier molecular flexibility index (Phi) is 9.57. The molecule has 0 fully saturated rings. The fourth-order valence-corrected chi connectivity index (χ4v) is 3.51. The predicted molar refractivity (Wildman–Crippen MR) is 68.5 cm³/mol. The molecule has 0 spiro atoms. The summed E-state index contributed by atoms with van der Waals surface area (Å²) in [5.41, 5.74) is 0. The lowest BCUT2D eigenvalue weighted by molar-refractivity contribution is -0.117. The number of Topliss-reactive ketones (excluding diaryl/α,β-unsaturated/α-hetero) is 1. The molecule has 0 aliphatic rings. The van der Waals surface area contributed by atoms with Gasteiger partial charge in [-0.3, -0.25) is 9.78 Å². The molecule has 0 amide bonds. The van der Waals surface area contributed by atoms with Crippen LogP contribution in [0.15, 0.2) is 0 Å². The zero-order valence-corrected chi connectivity index (χ0v) is 12.4. The van der Waals surface area contributed by atoms with Crippen LogP contribution < -0.4 is 4.98 Å². The number of carbonyl (C=O) groups excluding carboxylic acids is 1. The highest BCUT2D eigenvalue weighted by atomic mass is 28.4. The number of ketones is 1. The van der Waals surface area contributed by atoms with Crippen molar-refractivity contribution in [3.05, 3.63) is 0 Å². The highest BCUT2D eigenvalue weighted by Gasteiger charge is 2.41. The minimum atomic E-state index is -2.79. The third-order valence-corrected chi connectivity index (χ3v) is 4.61. The first kappa shape index (κ1) is 16.7. The first-order chi connectivity index (χ1) is 8.10. The summed E-state index contributed by atoms with van der Waals surface area (Å²) in [5, 5.41) is 0. The Morgan fingerprint density at radius 3 is 2.12 bits per heavy atom. The maximum Gasteiger partial charge on any atom is 0.596 e. The molecule has 0 atom stereocenters. The second kappa shape index (κ2) is 9.73. The number of rotatable bonds is 11. The van der Waals surface area contributed by atoms with Crippen molar-refractivity contribution in [2.75, 3.05) is 26.4 Å². The topological polar surface area (TPSA) is 56.8 Å². The van der Waals surface area contributed by atoms with Gasteiger partial charge in [0.25, 0.3) is 0 Å². The summed E-state index contributed by atoms with van der Waals surface area (Å²) in [6.45, 7) is 9.62. The van der Waals surface area contributed by atoms with E-state index in [9.17, 15) is 4.79 Å². The average Bonchev–Trinajstić information content (AvgIpc) is 2.26. The predicted octanol–water partition coefficient (Wildman–Crippen LogP) is 1.49. The maximum atomic E-state index is 10.9. The highest BCUT2D eigenvalue weighted by Crippen LogP contribution is 2.07. The van der Waals surface area contributed by atoms with Gasteiger partial charge in [0.2, 0.25) is 0 Å². The van der Waals surface area contributed by atoms with Crippen molar-refractivity contribution in [3.8, 4) is 0 Å². The van der Waals surface area contributed by atoms with E-state index >= 15 is 0 Å². The number of nitrogens with one attached hydrogen (secondary N) is 1. The van der Waals surface area contributed by atoms with E-state index < -0.39 is 8.97 Å². The second-order valence-corrected chi connectivity index (χ2v) is 5.98. The van der Waals surface area contributed by atoms with Crippen LogP contribution in [0.5, 0.6) is 0 Å². The van der Waals surface area contributed by atoms with Crippen LogP contribution in [0.4, 0.5) is 0 Å². The van der Waals surface area contributed by atoms with Crippen LogP contribution in [0, 0.1) is 0 Å². The monoisotopic (exact) mass is 263 g/mol. The summed E-state index contributed by atoms with van der Waals surface area (Å²) in [4.78, 5) is 14.1. The van der Waals surface area contributed by atoms with Crippen molar-refractivity contribution >= 4 is 14.7 Å². The summed E-state index contributed by atoms with van der Waals surface area (Å²) in [7, 11) is -2.79. The molecule has 102 valence electrons. The number of carbonyl (C=O) groups is 1. The van der Waals surface area contributed by atoms with E-state index in [-0.39, 0.29) is 5.78 Å². The van der Waals surface area contributed by atoms with Gasteiger partial charge in [0.1, 0.15) is 5.78 Å². The van der Waals surface area contributed by atoms with Crippen LogP contribution in [0.2, 0.25) is 0 Å². The van der Waals surface area contributed by atoms with Gasteiger partial charge in [0.15, 0.2) is 0 Å². The quantitative estimate of drug-likeness (QED) is 0.572. The molecule has 0 aromatic carbocycles. The fraction of sp³-hybridized carbons (Fsp3) is 0.909. The van der Waals surface area contributed by atoms with Crippen LogP contribution in [0.25, 0.3) is 0 Å². The van der Waals surface area contributed by atoms with Crippen molar-refractivity contribution < 1.29 is 18.1 Å². The molecule has 0 aromatic rings. The summed E-state index contributed by atoms with van der Waals surface area (Å²) in [6, 6.07) is 0. The largest absolute Gasteiger partial charge is 0.596 e. The second-order valence-electron chi connectivity index (χ2n) is 3.65. The molecule has 0 aliphatic heterocycles. The maximum absolute atomic E-state index is 10.9. The number of hydrogen-bond donors (Lipinski definition) is 1. The molecule has 0 unspecified atom stereocenters. The average molecular weight is 263 g/mol. The molecule has 0 bridgehead atoms. The minimum absolute atomic E-state index is 0.108. The first-order valence-electron chi connectivity index (χ1n) is 6.26.